The van der Waals surface area contributed by atoms with Gasteiger partial charge in [-0.3, -0.25) is 4.79 Å². The summed E-state index contributed by atoms with van der Waals surface area (Å²) in [6.07, 6.45) is 0.709. The van der Waals surface area contributed by atoms with Crippen molar-refractivity contribution in [3.8, 4) is 5.88 Å². The Balaban J connectivity index is 1.63. The maximum Gasteiger partial charge on any atom is 0.258 e. The van der Waals surface area contributed by atoms with E-state index in [0.29, 0.717) is 24.7 Å². The van der Waals surface area contributed by atoms with Crippen LogP contribution in [0.25, 0.3) is 10.9 Å². The Morgan fingerprint density at radius 2 is 1.84 bits per heavy atom. The van der Waals surface area contributed by atoms with Crippen LogP contribution in [0.3, 0.4) is 0 Å². The number of ether oxygens (including phenoxy) is 1. The van der Waals surface area contributed by atoms with Crippen LogP contribution in [-0.2, 0) is 17.8 Å². The number of nitrogens with one attached hydrogen (secondary N) is 1. The predicted molar refractivity (Wildman–Crippen MR) is 97.4 cm³/mol. The van der Waals surface area contributed by atoms with Crippen molar-refractivity contribution in [2.45, 2.75) is 26.8 Å². The fourth-order valence-electron chi connectivity index (χ4n) is 2.45. The van der Waals surface area contributed by atoms with Gasteiger partial charge in [0.25, 0.3) is 5.91 Å². The quantitative estimate of drug-likeness (QED) is 0.751. The standard InChI is InChI=1S/C20H21N3O2/c1-3-18-22-17-7-5-4-6-16(17)20(23-18)25-13-19(24)21-12-15-10-8-14(2)9-11-15/h4-11H,3,12-13H2,1-2H3,(H,21,24). The first-order valence-corrected chi connectivity index (χ1v) is 8.36. The number of carbonyl (C=O) groups excluding carboxylic acids is 1. The van der Waals surface area contributed by atoms with Crippen LogP contribution < -0.4 is 10.1 Å². The molecule has 3 aromatic rings. The number of aryl methyl sites for hydroxylation is 2. The van der Waals surface area contributed by atoms with Crippen molar-refractivity contribution in [2.75, 3.05) is 6.61 Å². The summed E-state index contributed by atoms with van der Waals surface area (Å²) in [6.45, 7) is 4.43. The number of fused-ring (bicyclic) bond motifs is 1. The highest BCUT2D eigenvalue weighted by atomic mass is 16.5. The largest absolute Gasteiger partial charge is 0.467 e. The molecule has 0 spiro atoms. The first kappa shape index (κ1) is 16.9. The summed E-state index contributed by atoms with van der Waals surface area (Å²) < 4.78 is 5.67. The van der Waals surface area contributed by atoms with E-state index in [1.807, 2.05) is 62.4 Å². The van der Waals surface area contributed by atoms with Gasteiger partial charge in [-0.2, -0.15) is 4.98 Å². The third-order valence-corrected chi connectivity index (χ3v) is 3.88. The zero-order valence-corrected chi connectivity index (χ0v) is 14.5. The van der Waals surface area contributed by atoms with E-state index in [9.17, 15) is 4.79 Å². The number of carbonyl (C=O) groups is 1. The lowest BCUT2D eigenvalue weighted by Gasteiger charge is -2.10. The van der Waals surface area contributed by atoms with Gasteiger partial charge in [0, 0.05) is 13.0 Å². The first-order chi connectivity index (χ1) is 12.2. The summed E-state index contributed by atoms with van der Waals surface area (Å²) >= 11 is 0. The van der Waals surface area contributed by atoms with Crippen LogP contribution in [0, 0.1) is 6.92 Å². The molecule has 0 fully saturated rings. The van der Waals surface area contributed by atoms with E-state index < -0.39 is 0 Å². The van der Waals surface area contributed by atoms with Crippen LogP contribution in [0.4, 0.5) is 0 Å². The molecule has 0 saturated carbocycles. The highest BCUT2D eigenvalue weighted by Crippen LogP contribution is 2.22. The zero-order chi connectivity index (χ0) is 17.6. The highest BCUT2D eigenvalue weighted by molar-refractivity contribution is 5.84. The molecule has 0 aliphatic rings. The van der Waals surface area contributed by atoms with Crippen molar-refractivity contribution >= 4 is 16.8 Å². The summed E-state index contributed by atoms with van der Waals surface area (Å²) in [7, 11) is 0. The fourth-order valence-corrected chi connectivity index (χ4v) is 2.45. The number of aromatic nitrogens is 2. The van der Waals surface area contributed by atoms with Gasteiger partial charge in [-0.05, 0) is 24.6 Å². The monoisotopic (exact) mass is 335 g/mol. The second-order valence-electron chi connectivity index (χ2n) is 5.87. The van der Waals surface area contributed by atoms with Crippen molar-refractivity contribution in [1.29, 1.82) is 0 Å². The summed E-state index contributed by atoms with van der Waals surface area (Å²) in [4.78, 5) is 20.9. The van der Waals surface area contributed by atoms with Crippen LogP contribution in [0.5, 0.6) is 5.88 Å². The number of para-hydroxylation sites is 1. The van der Waals surface area contributed by atoms with Gasteiger partial charge in [-0.25, -0.2) is 4.98 Å². The number of hydrogen-bond acceptors (Lipinski definition) is 4. The minimum atomic E-state index is -0.179. The molecule has 0 unspecified atom stereocenters. The topological polar surface area (TPSA) is 64.1 Å². The number of benzene rings is 2. The van der Waals surface area contributed by atoms with Gasteiger partial charge in [0.1, 0.15) is 5.82 Å². The Hall–Kier alpha value is -2.95. The molecule has 1 N–H and O–H groups in total. The SMILES string of the molecule is CCc1nc(OCC(=O)NCc2ccc(C)cc2)c2ccccc2n1. The maximum absolute atomic E-state index is 12.1. The Bertz CT molecular complexity index is 876. The molecular weight excluding hydrogens is 314 g/mol. The van der Waals surface area contributed by atoms with Gasteiger partial charge in [-0.1, -0.05) is 48.9 Å². The number of rotatable bonds is 6. The van der Waals surface area contributed by atoms with Gasteiger partial charge < -0.3 is 10.1 Å². The van der Waals surface area contributed by atoms with Gasteiger partial charge in [-0.15, -0.1) is 0 Å². The van der Waals surface area contributed by atoms with E-state index in [-0.39, 0.29) is 12.5 Å². The molecule has 5 nitrogen and oxygen atoms in total. The number of hydrogen-bond donors (Lipinski definition) is 1. The van der Waals surface area contributed by atoms with Gasteiger partial charge in [0.2, 0.25) is 5.88 Å². The van der Waals surface area contributed by atoms with Gasteiger partial charge in [0.05, 0.1) is 10.9 Å². The average Bonchev–Trinajstić information content (AvgIpc) is 2.65. The maximum atomic E-state index is 12.1. The molecule has 1 heterocycles. The predicted octanol–water partition coefficient (Wildman–Crippen LogP) is 3.20. The molecule has 1 amide bonds. The molecule has 0 atom stereocenters. The smallest absolute Gasteiger partial charge is 0.258 e. The molecular formula is C20H21N3O2. The molecule has 0 aliphatic carbocycles. The molecule has 0 bridgehead atoms. The summed E-state index contributed by atoms with van der Waals surface area (Å²) in [6, 6.07) is 15.7. The van der Waals surface area contributed by atoms with Crippen LogP contribution >= 0.6 is 0 Å². The molecule has 0 aliphatic heterocycles. The van der Waals surface area contributed by atoms with E-state index in [1.54, 1.807) is 0 Å². The van der Waals surface area contributed by atoms with E-state index in [1.165, 1.54) is 5.56 Å². The third-order valence-electron chi connectivity index (χ3n) is 3.88. The number of nitrogens with zero attached hydrogens (tertiary/aromatic N) is 2. The molecule has 128 valence electrons. The van der Waals surface area contributed by atoms with Crippen LogP contribution in [-0.4, -0.2) is 22.5 Å². The molecule has 0 radical (unpaired) electrons. The Labute approximate surface area is 147 Å². The van der Waals surface area contributed by atoms with Gasteiger partial charge >= 0.3 is 0 Å². The molecule has 5 heteroatoms. The zero-order valence-electron chi connectivity index (χ0n) is 14.5. The van der Waals surface area contributed by atoms with E-state index in [2.05, 4.69) is 15.3 Å². The van der Waals surface area contributed by atoms with Crippen LogP contribution in [0.15, 0.2) is 48.5 Å². The van der Waals surface area contributed by atoms with E-state index in [4.69, 9.17) is 4.74 Å². The molecule has 25 heavy (non-hydrogen) atoms. The molecule has 0 saturated heterocycles. The summed E-state index contributed by atoms with van der Waals surface area (Å²) in [5.41, 5.74) is 3.07. The summed E-state index contributed by atoms with van der Waals surface area (Å²) in [5.74, 6) is 0.975. The second-order valence-corrected chi connectivity index (χ2v) is 5.87. The van der Waals surface area contributed by atoms with Crippen molar-refractivity contribution in [2.24, 2.45) is 0 Å². The third kappa shape index (κ3) is 4.32. The summed E-state index contributed by atoms with van der Waals surface area (Å²) in [5, 5.41) is 3.67. The van der Waals surface area contributed by atoms with Crippen molar-refractivity contribution in [3.63, 3.8) is 0 Å². The highest BCUT2D eigenvalue weighted by Gasteiger charge is 2.10. The molecule has 1 aromatic heterocycles. The molecule has 2 aromatic carbocycles. The normalized spacial score (nSPS) is 10.6. The minimum Gasteiger partial charge on any atom is -0.467 e. The van der Waals surface area contributed by atoms with E-state index in [0.717, 1.165) is 16.5 Å². The lowest BCUT2D eigenvalue weighted by atomic mass is 10.1. The Kier molecular flexibility index (Phi) is 5.23. The average molecular weight is 335 g/mol. The lowest BCUT2D eigenvalue weighted by Crippen LogP contribution is -2.28. The fraction of sp³-hybridized carbons (Fsp3) is 0.250. The number of amides is 1. The minimum absolute atomic E-state index is 0.0734. The molecule has 3 rings (SSSR count). The van der Waals surface area contributed by atoms with Crippen molar-refractivity contribution in [1.82, 2.24) is 15.3 Å². The van der Waals surface area contributed by atoms with Crippen molar-refractivity contribution < 1.29 is 9.53 Å². The first-order valence-electron chi connectivity index (χ1n) is 8.36. The Morgan fingerprint density at radius 3 is 2.60 bits per heavy atom. The Morgan fingerprint density at radius 1 is 1.08 bits per heavy atom. The van der Waals surface area contributed by atoms with Crippen LogP contribution in [0.2, 0.25) is 0 Å². The van der Waals surface area contributed by atoms with Crippen molar-refractivity contribution in [3.05, 3.63) is 65.5 Å². The second kappa shape index (κ2) is 7.75. The van der Waals surface area contributed by atoms with E-state index >= 15 is 0 Å². The van der Waals surface area contributed by atoms with Gasteiger partial charge in [0.15, 0.2) is 6.61 Å². The lowest BCUT2D eigenvalue weighted by molar-refractivity contribution is -0.123. The van der Waals surface area contributed by atoms with Crippen LogP contribution in [0.1, 0.15) is 23.9 Å².